The van der Waals surface area contributed by atoms with Crippen LogP contribution in [0, 0.1) is 0 Å². The Labute approximate surface area is 126 Å². The molecule has 1 atom stereocenters. The van der Waals surface area contributed by atoms with E-state index < -0.39 is 17.9 Å². The van der Waals surface area contributed by atoms with Crippen LogP contribution in [0.25, 0.3) is 0 Å². The molecular formula is C14H15N3O3S. The molecule has 2 aromatic rings. The lowest BCUT2D eigenvalue weighted by Crippen LogP contribution is -2.42. The molecule has 6 nitrogen and oxygen atoms in total. The number of carboxylic acids is 1. The van der Waals surface area contributed by atoms with Gasteiger partial charge in [0.1, 0.15) is 10.9 Å². The molecule has 1 unspecified atom stereocenters. The number of nitrogens with zero attached hydrogens (tertiary/aromatic N) is 2. The number of carbonyl (C=O) groups excluding carboxylic acids is 1. The lowest BCUT2D eigenvalue weighted by molar-refractivity contribution is -0.139. The van der Waals surface area contributed by atoms with Crippen molar-refractivity contribution in [3.05, 3.63) is 46.5 Å². The van der Waals surface area contributed by atoms with Gasteiger partial charge in [0.2, 0.25) is 0 Å². The second-order valence-electron chi connectivity index (χ2n) is 4.46. The van der Waals surface area contributed by atoms with Crippen LogP contribution in [0.3, 0.4) is 0 Å². The lowest BCUT2D eigenvalue weighted by atomic mass is 10.1. The number of aliphatic carboxylic acids is 1. The highest BCUT2D eigenvalue weighted by molar-refractivity contribution is 7.08. The molecule has 2 N–H and O–H groups in total. The Hall–Kier alpha value is -2.28. The zero-order valence-corrected chi connectivity index (χ0v) is 12.3. The van der Waals surface area contributed by atoms with Gasteiger partial charge in [-0.05, 0) is 23.5 Å². The molecule has 0 saturated carbocycles. The van der Waals surface area contributed by atoms with E-state index in [1.54, 1.807) is 0 Å². The van der Waals surface area contributed by atoms with Gasteiger partial charge in [-0.3, -0.25) is 4.79 Å². The van der Waals surface area contributed by atoms with E-state index in [1.807, 2.05) is 37.3 Å². The van der Waals surface area contributed by atoms with Gasteiger partial charge in [-0.1, -0.05) is 41.7 Å². The zero-order chi connectivity index (χ0) is 15.2. The molecule has 1 heterocycles. The number of aryl methyl sites for hydroxylation is 1. The largest absolute Gasteiger partial charge is 0.480 e. The number of hydrogen-bond acceptors (Lipinski definition) is 5. The second-order valence-corrected chi connectivity index (χ2v) is 5.21. The standard InChI is InChI=1S/C14H15N3O3S/c1-2-10-12(21-17-16-10)13(18)15-11(14(19)20)8-9-6-4-3-5-7-9/h3-7,11H,2,8H2,1H3,(H,15,18)(H,19,20). The van der Waals surface area contributed by atoms with Crippen LogP contribution in [-0.2, 0) is 17.6 Å². The van der Waals surface area contributed by atoms with Gasteiger partial charge in [-0.25, -0.2) is 4.79 Å². The van der Waals surface area contributed by atoms with Crippen LogP contribution < -0.4 is 5.32 Å². The third-order valence-corrected chi connectivity index (χ3v) is 3.75. The summed E-state index contributed by atoms with van der Waals surface area (Å²) in [6.07, 6.45) is 0.811. The van der Waals surface area contributed by atoms with E-state index >= 15 is 0 Å². The van der Waals surface area contributed by atoms with Crippen molar-refractivity contribution in [3.8, 4) is 0 Å². The highest BCUT2D eigenvalue weighted by Crippen LogP contribution is 2.12. The van der Waals surface area contributed by atoms with Gasteiger partial charge in [-0.2, -0.15) is 0 Å². The SMILES string of the molecule is CCc1nnsc1C(=O)NC(Cc1ccccc1)C(=O)O. The van der Waals surface area contributed by atoms with Gasteiger partial charge in [-0.15, -0.1) is 5.10 Å². The molecular weight excluding hydrogens is 290 g/mol. The van der Waals surface area contributed by atoms with E-state index in [4.69, 9.17) is 0 Å². The minimum Gasteiger partial charge on any atom is -0.480 e. The number of aromatic nitrogens is 2. The average molecular weight is 305 g/mol. The molecule has 7 heteroatoms. The zero-order valence-electron chi connectivity index (χ0n) is 11.4. The van der Waals surface area contributed by atoms with Gasteiger partial charge < -0.3 is 10.4 Å². The molecule has 1 aromatic heterocycles. The quantitative estimate of drug-likeness (QED) is 0.844. The molecule has 0 aliphatic heterocycles. The minimum absolute atomic E-state index is 0.232. The summed E-state index contributed by atoms with van der Waals surface area (Å²) in [5.41, 5.74) is 1.43. The molecule has 1 aromatic carbocycles. The Kier molecular flexibility index (Phi) is 4.99. The van der Waals surface area contributed by atoms with Crippen LogP contribution in [0.4, 0.5) is 0 Å². The summed E-state index contributed by atoms with van der Waals surface area (Å²) < 4.78 is 3.73. The molecule has 0 saturated heterocycles. The first-order valence-electron chi connectivity index (χ1n) is 6.50. The van der Waals surface area contributed by atoms with Crippen molar-refractivity contribution in [2.75, 3.05) is 0 Å². The highest BCUT2D eigenvalue weighted by atomic mass is 32.1. The van der Waals surface area contributed by atoms with Crippen molar-refractivity contribution < 1.29 is 14.7 Å². The minimum atomic E-state index is -1.07. The van der Waals surface area contributed by atoms with E-state index in [0.29, 0.717) is 17.0 Å². The molecule has 0 aliphatic carbocycles. The normalized spacial score (nSPS) is 11.9. The summed E-state index contributed by atoms with van der Waals surface area (Å²) in [4.78, 5) is 23.8. The van der Waals surface area contributed by atoms with Gasteiger partial charge in [0.05, 0.1) is 5.69 Å². The molecule has 21 heavy (non-hydrogen) atoms. The van der Waals surface area contributed by atoms with Crippen molar-refractivity contribution in [1.82, 2.24) is 14.9 Å². The first kappa shape index (κ1) is 15.1. The number of hydrogen-bond donors (Lipinski definition) is 2. The Morgan fingerprint density at radius 1 is 1.33 bits per heavy atom. The summed E-state index contributed by atoms with van der Waals surface area (Å²) in [6.45, 7) is 1.87. The first-order chi connectivity index (χ1) is 10.1. The number of rotatable bonds is 6. The van der Waals surface area contributed by atoms with Crippen molar-refractivity contribution in [3.63, 3.8) is 0 Å². The maximum atomic E-state index is 12.1. The molecule has 110 valence electrons. The Balaban J connectivity index is 2.10. The van der Waals surface area contributed by atoms with Crippen LogP contribution in [0.15, 0.2) is 30.3 Å². The fraction of sp³-hybridized carbons (Fsp3) is 0.286. The predicted molar refractivity (Wildman–Crippen MR) is 78.3 cm³/mol. The number of carboxylic acid groups (broad SMARTS) is 1. The molecule has 1 amide bonds. The molecule has 0 bridgehead atoms. The van der Waals surface area contributed by atoms with E-state index in [0.717, 1.165) is 17.1 Å². The summed E-state index contributed by atoms with van der Waals surface area (Å²) in [6, 6.07) is 8.19. The number of nitrogens with one attached hydrogen (secondary N) is 1. The fourth-order valence-corrected chi connectivity index (χ4v) is 2.54. The van der Waals surface area contributed by atoms with Crippen molar-refractivity contribution in [1.29, 1.82) is 0 Å². The third kappa shape index (κ3) is 3.85. The summed E-state index contributed by atoms with van der Waals surface area (Å²) in [5, 5.41) is 15.7. The van der Waals surface area contributed by atoms with Gasteiger partial charge in [0.25, 0.3) is 5.91 Å². The summed E-state index contributed by atoms with van der Waals surface area (Å²) in [5.74, 6) is -1.51. The fourth-order valence-electron chi connectivity index (χ4n) is 1.89. The van der Waals surface area contributed by atoms with E-state index in [-0.39, 0.29) is 6.42 Å². The van der Waals surface area contributed by atoms with Crippen LogP contribution in [0.5, 0.6) is 0 Å². The lowest BCUT2D eigenvalue weighted by Gasteiger charge is -2.14. The van der Waals surface area contributed by atoms with Crippen LogP contribution in [-0.4, -0.2) is 32.6 Å². The molecule has 0 radical (unpaired) electrons. The summed E-state index contributed by atoms with van der Waals surface area (Å²) >= 11 is 0.976. The van der Waals surface area contributed by atoms with E-state index in [9.17, 15) is 14.7 Å². The van der Waals surface area contributed by atoms with Crippen molar-refractivity contribution in [2.45, 2.75) is 25.8 Å². The number of benzene rings is 1. The van der Waals surface area contributed by atoms with Crippen LogP contribution in [0.1, 0.15) is 27.9 Å². The molecule has 0 fully saturated rings. The van der Waals surface area contributed by atoms with Gasteiger partial charge in [0.15, 0.2) is 0 Å². The number of amides is 1. The Bertz CT molecular complexity index is 627. The molecule has 0 spiro atoms. The van der Waals surface area contributed by atoms with Gasteiger partial charge in [0, 0.05) is 6.42 Å². The molecule has 0 aliphatic rings. The van der Waals surface area contributed by atoms with Gasteiger partial charge >= 0.3 is 5.97 Å². The molecule has 2 rings (SSSR count). The number of carbonyl (C=O) groups is 2. The first-order valence-corrected chi connectivity index (χ1v) is 7.28. The summed E-state index contributed by atoms with van der Waals surface area (Å²) in [7, 11) is 0. The highest BCUT2D eigenvalue weighted by Gasteiger charge is 2.23. The Morgan fingerprint density at radius 3 is 2.67 bits per heavy atom. The van der Waals surface area contributed by atoms with Crippen LogP contribution >= 0.6 is 11.5 Å². The van der Waals surface area contributed by atoms with Crippen molar-refractivity contribution >= 4 is 23.4 Å². The predicted octanol–water partition coefficient (Wildman–Crippen LogP) is 1.53. The van der Waals surface area contributed by atoms with E-state index in [1.165, 1.54) is 0 Å². The van der Waals surface area contributed by atoms with Crippen LogP contribution in [0.2, 0.25) is 0 Å². The Morgan fingerprint density at radius 2 is 2.05 bits per heavy atom. The third-order valence-electron chi connectivity index (χ3n) is 2.98. The topological polar surface area (TPSA) is 92.2 Å². The van der Waals surface area contributed by atoms with E-state index in [2.05, 4.69) is 14.9 Å². The maximum Gasteiger partial charge on any atom is 0.326 e. The average Bonchev–Trinajstić information content (AvgIpc) is 2.96. The maximum absolute atomic E-state index is 12.1. The smallest absolute Gasteiger partial charge is 0.326 e. The monoisotopic (exact) mass is 305 g/mol. The van der Waals surface area contributed by atoms with Crippen molar-refractivity contribution in [2.24, 2.45) is 0 Å². The second kappa shape index (κ2) is 6.94.